The van der Waals surface area contributed by atoms with Crippen LogP contribution in [0.4, 0.5) is 0 Å². The van der Waals surface area contributed by atoms with E-state index in [1.807, 2.05) is 0 Å². The summed E-state index contributed by atoms with van der Waals surface area (Å²) in [6.07, 6.45) is 4.83. The molecule has 0 amide bonds. The molecule has 0 saturated carbocycles. The summed E-state index contributed by atoms with van der Waals surface area (Å²) >= 11 is 13.6. The first-order chi connectivity index (χ1) is 13.0. The Hall–Kier alpha value is -1.60. The lowest BCUT2D eigenvalue weighted by atomic mass is 9.97. The van der Waals surface area contributed by atoms with Crippen LogP contribution >= 0.6 is 34.5 Å². The smallest absolute Gasteiger partial charge is 0.262 e. The van der Waals surface area contributed by atoms with Gasteiger partial charge in [-0.2, -0.15) is 0 Å². The molecule has 0 saturated heterocycles. The number of fused-ring (bicyclic) bond motifs is 3. The number of ether oxygens (including phenoxy) is 1. The second kappa shape index (κ2) is 7.80. The van der Waals surface area contributed by atoms with Gasteiger partial charge < -0.3 is 9.84 Å². The van der Waals surface area contributed by atoms with Gasteiger partial charge in [-0.05, 0) is 43.4 Å². The lowest BCUT2D eigenvalue weighted by Crippen LogP contribution is -2.30. The highest BCUT2D eigenvalue weighted by atomic mass is 35.5. The van der Waals surface area contributed by atoms with Crippen molar-refractivity contribution in [3.8, 4) is 5.75 Å². The molecule has 1 aliphatic carbocycles. The van der Waals surface area contributed by atoms with E-state index < -0.39 is 6.10 Å². The van der Waals surface area contributed by atoms with Crippen LogP contribution in [0.15, 0.2) is 29.3 Å². The summed E-state index contributed by atoms with van der Waals surface area (Å²) in [5.41, 5.74) is 1.05. The summed E-state index contributed by atoms with van der Waals surface area (Å²) in [6.45, 7) is 0.0941. The van der Waals surface area contributed by atoms with Crippen molar-refractivity contribution < 1.29 is 9.84 Å². The molecular formula is C19H18Cl2N2O3S. The fourth-order valence-corrected chi connectivity index (χ4v) is 4.92. The molecule has 0 bridgehead atoms. The highest BCUT2D eigenvalue weighted by molar-refractivity contribution is 7.18. The molecular weight excluding hydrogens is 407 g/mol. The maximum absolute atomic E-state index is 12.9. The van der Waals surface area contributed by atoms with Gasteiger partial charge in [0, 0.05) is 16.0 Å². The molecule has 142 valence electrons. The molecule has 8 heteroatoms. The minimum Gasteiger partial charge on any atom is -0.489 e. The first-order valence-corrected chi connectivity index (χ1v) is 10.4. The Kier molecular flexibility index (Phi) is 5.41. The first kappa shape index (κ1) is 18.7. The van der Waals surface area contributed by atoms with Gasteiger partial charge >= 0.3 is 0 Å². The molecule has 5 nitrogen and oxygen atoms in total. The predicted molar refractivity (Wildman–Crippen MR) is 108 cm³/mol. The summed E-state index contributed by atoms with van der Waals surface area (Å²) < 4.78 is 7.01. The van der Waals surface area contributed by atoms with Crippen molar-refractivity contribution in [3.05, 3.63) is 55.4 Å². The maximum atomic E-state index is 12.9. The number of hydrogen-bond donors (Lipinski definition) is 1. The Bertz CT molecular complexity index is 1050. The minimum absolute atomic E-state index is 0.00766. The van der Waals surface area contributed by atoms with Crippen LogP contribution in [0, 0.1) is 0 Å². The molecule has 0 aliphatic heterocycles. The van der Waals surface area contributed by atoms with Gasteiger partial charge in [-0.1, -0.05) is 23.2 Å². The van der Waals surface area contributed by atoms with Crippen LogP contribution in [0.5, 0.6) is 5.75 Å². The topological polar surface area (TPSA) is 64.4 Å². The molecule has 2 heterocycles. The number of thiophene rings is 1. The second-order valence-electron chi connectivity index (χ2n) is 6.63. The van der Waals surface area contributed by atoms with Crippen molar-refractivity contribution in [1.29, 1.82) is 0 Å². The quantitative estimate of drug-likeness (QED) is 0.669. The van der Waals surface area contributed by atoms with Crippen molar-refractivity contribution in [1.82, 2.24) is 9.55 Å². The molecule has 1 atom stereocenters. The number of aromatic nitrogens is 2. The molecule has 1 N–H and O–H groups in total. The Morgan fingerprint density at radius 2 is 2.11 bits per heavy atom. The fraction of sp³-hybridized carbons (Fsp3) is 0.368. The van der Waals surface area contributed by atoms with E-state index in [0.29, 0.717) is 21.2 Å². The fourth-order valence-electron chi connectivity index (χ4n) is 3.36. The summed E-state index contributed by atoms with van der Waals surface area (Å²) in [7, 11) is 0. The zero-order valence-corrected chi connectivity index (χ0v) is 16.8. The third kappa shape index (κ3) is 3.85. The monoisotopic (exact) mass is 424 g/mol. The van der Waals surface area contributed by atoms with E-state index in [1.54, 1.807) is 29.5 Å². The van der Waals surface area contributed by atoms with Crippen molar-refractivity contribution in [2.24, 2.45) is 0 Å². The van der Waals surface area contributed by atoms with Gasteiger partial charge in [-0.15, -0.1) is 11.3 Å². The van der Waals surface area contributed by atoms with Crippen LogP contribution in [0.1, 0.15) is 23.3 Å². The van der Waals surface area contributed by atoms with Crippen molar-refractivity contribution in [2.75, 3.05) is 6.61 Å². The van der Waals surface area contributed by atoms with E-state index in [2.05, 4.69) is 4.98 Å². The molecule has 0 spiro atoms. The molecule has 0 radical (unpaired) electrons. The Morgan fingerprint density at radius 1 is 1.30 bits per heavy atom. The SMILES string of the molecule is O=c1c2c3c(sc2ncn1CC(O)COc1cc(Cl)ccc1Cl)CCCC3. The van der Waals surface area contributed by atoms with Gasteiger partial charge in [0.15, 0.2) is 0 Å². The van der Waals surface area contributed by atoms with Gasteiger partial charge in [0.1, 0.15) is 23.3 Å². The predicted octanol–water partition coefficient (Wildman–Crippen LogP) is 4.08. The first-order valence-electron chi connectivity index (χ1n) is 8.78. The lowest BCUT2D eigenvalue weighted by Gasteiger charge is -2.15. The molecule has 1 aliphatic rings. The van der Waals surface area contributed by atoms with Gasteiger partial charge in [0.25, 0.3) is 5.56 Å². The zero-order chi connectivity index (χ0) is 19.0. The molecule has 1 unspecified atom stereocenters. The van der Waals surface area contributed by atoms with E-state index in [4.69, 9.17) is 27.9 Å². The summed E-state index contributed by atoms with van der Waals surface area (Å²) in [5, 5.41) is 11.9. The highest BCUT2D eigenvalue weighted by Gasteiger charge is 2.20. The van der Waals surface area contributed by atoms with Crippen LogP contribution in [0.2, 0.25) is 10.0 Å². The van der Waals surface area contributed by atoms with Crippen LogP contribution < -0.4 is 10.3 Å². The van der Waals surface area contributed by atoms with E-state index in [1.165, 1.54) is 15.8 Å². The van der Waals surface area contributed by atoms with Crippen LogP contribution in [-0.4, -0.2) is 27.4 Å². The van der Waals surface area contributed by atoms with Crippen molar-refractivity contribution in [2.45, 2.75) is 38.3 Å². The van der Waals surface area contributed by atoms with Crippen LogP contribution in [0.25, 0.3) is 10.2 Å². The number of benzene rings is 1. The number of hydrogen-bond acceptors (Lipinski definition) is 5. The zero-order valence-electron chi connectivity index (χ0n) is 14.5. The third-order valence-electron chi connectivity index (χ3n) is 4.67. The molecule has 3 aromatic rings. The minimum atomic E-state index is -0.883. The largest absolute Gasteiger partial charge is 0.489 e. The standard InChI is InChI=1S/C19H18Cl2N2O3S/c20-11-5-6-14(21)15(7-11)26-9-12(24)8-23-10-22-18-17(19(23)25)13-3-1-2-4-16(13)27-18/h5-7,10,12,24H,1-4,8-9H2. The van der Waals surface area contributed by atoms with Gasteiger partial charge in [-0.25, -0.2) is 4.98 Å². The summed E-state index contributed by atoms with van der Waals surface area (Å²) in [4.78, 5) is 19.4. The number of halogens is 2. The molecule has 0 fully saturated rings. The van der Waals surface area contributed by atoms with Crippen LogP contribution in [0.3, 0.4) is 0 Å². The number of aliphatic hydroxyl groups is 1. The van der Waals surface area contributed by atoms with Gasteiger partial charge in [0.2, 0.25) is 0 Å². The molecule has 1 aromatic carbocycles. The second-order valence-corrected chi connectivity index (χ2v) is 8.56. The molecule has 4 rings (SSSR count). The average molecular weight is 425 g/mol. The Balaban J connectivity index is 1.52. The van der Waals surface area contributed by atoms with Gasteiger partial charge in [0.05, 0.1) is 23.3 Å². The van der Waals surface area contributed by atoms with E-state index >= 15 is 0 Å². The van der Waals surface area contributed by atoms with E-state index in [0.717, 1.165) is 36.1 Å². The molecule has 27 heavy (non-hydrogen) atoms. The normalized spacial score (nSPS) is 14.9. The summed E-state index contributed by atoms with van der Waals surface area (Å²) in [5.74, 6) is 0.399. The van der Waals surface area contributed by atoms with E-state index in [9.17, 15) is 9.90 Å². The van der Waals surface area contributed by atoms with E-state index in [-0.39, 0.29) is 18.7 Å². The van der Waals surface area contributed by atoms with Crippen molar-refractivity contribution >= 4 is 44.8 Å². The van der Waals surface area contributed by atoms with Crippen molar-refractivity contribution in [3.63, 3.8) is 0 Å². The Morgan fingerprint density at radius 3 is 2.96 bits per heavy atom. The lowest BCUT2D eigenvalue weighted by molar-refractivity contribution is 0.0915. The average Bonchev–Trinajstić information content (AvgIpc) is 3.04. The number of rotatable bonds is 5. The van der Waals surface area contributed by atoms with Gasteiger partial charge in [-0.3, -0.25) is 9.36 Å². The maximum Gasteiger partial charge on any atom is 0.262 e. The number of nitrogens with zero attached hydrogens (tertiary/aromatic N) is 2. The number of aryl methyl sites for hydroxylation is 2. The molecule has 2 aromatic heterocycles. The summed E-state index contributed by atoms with van der Waals surface area (Å²) in [6, 6.07) is 4.89. The highest BCUT2D eigenvalue weighted by Crippen LogP contribution is 2.33. The Labute approximate surface area is 170 Å². The number of aliphatic hydroxyl groups excluding tert-OH is 1. The van der Waals surface area contributed by atoms with Crippen LogP contribution in [-0.2, 0) is 19.4 Å². The third-order valence-corrected chi connectivity index (χ3v) is 6.42.